The Morgan fingerprint density at radius 1 is 1.32 bits per heavy atom. The maximum Gasteiger partial charge on any atom is 0.0865 e. The second kappa shape index (κ2) is 5.25. The number of aromatic nitrogens is 2. The Hall–Kier alpha value is -2.14. The number of benzene rings is 1. The Morgan fingerprint density at radius 3 is 2.95 bits per heavy atom. The molecule has 1 aromatic carbocycles. The van der Waals surface area contributed by atoms with E-state index >= 15 is 0 Å². The molecule has 0 amide bonds. The SMILES string of the molecule is Cc1nn(C2CC(CO)C2)cc1C1=Nc2ccccc2NC1. The molecule has 2 aliphatic rings. The van der Waals surface area contributed by atoms with Crippen molar-refractivity contribution in [1.29, 1.82) is 0 Å². The summed E-state index contributed by atoms with van der Waals surface area (Å²) in [6.45, 7) is 3.06. The van der Waals surface area contributed by atoms with Crippen LogP contribution in [0.3, 0.4) is 0 Å². The Balaban J connectivity index is 1.61. The van der Waals surface area contributed by atoms with Gasteiger partial charge in [0.1, 0.15) is 0 Å². The molecule has 22 heavy (non-hydrogen) atoms. The topological polar surface area (TPSA) is 62.4 Å². The van der Waals surface area contributed by atoms with E-state index < -0.39 is 0 Å². The number of para-hydroxylation sites is 2. The summed E-state index contributed by atoms with van der Waals surface area (Å²) in [5.74, 6) is 0.443. The molecule has 5 heteroatoms. The average molecular weight is 296 g/mol. The van der Waals surface area contributed by atoms with Gasteiger partial charge in [-0.05, 0) is 37.8 Å². The van der Waals surface area contributed by atoms with E-state index in [0.29, 0.717) is 12.0 Å². The van der Waals surface area contributed by atoms with Gasteiger partial charge in [-0.15, -0.1) is 0 Å². The van der Waals surface area contributed by atoms with Gasteiger partial charge in [0.2, 0.25) is 0 Å². The number of hydrogen-bond donors (Lipinski definition) is 2. The third-order valence-electron chi connectivity index (χ3n) is 4.68. The first-order chi connectivity index (χ1) is 10.7. The molecule has 1 aromatic heterocycles. The Morgan fingerprint density at radius 2 is 2.14 bits per heavy atom. The minimum Gasteiger partial charge on any atom is -0.396 e. The Bertz CT molecular complexity index is 728. The highest BCUT2D eigenvalue weighted by molar-refractivity contribution is 6.07. The minimum absolute atomic E-state index is 0.289. The molecule has 4 rings (SSSR count). The van der Waals surface area contributed by atoms with Crippen LogP contribution in [0.2, 0.25) is 0 Å². The molecule has 0 atom stereocenters. The van der Waals surface area contributed by atoms with Crippen LogP contribution in [-0.2, 0) is 0 Å². The average Bonchev–Trinajstić information content (AvgIpc) is 2.87. The number of rotatable bonds is 3. The fourth-order valence-electron chi connectivity index (χ4n) is 3.26. The lowest BCUT2D eigenvalue weighted by Gasteiger charge is -2.34. The maximum atomic E-state index is 9.15. The molecular weight excluding hydrogens is 276 g/mol. The van der Waals surface area contributed by atoms with Crippen molar-refractivity contribution < 1.29 is 5.11 Å². The van der Waals surface area contributed by atoms with Gasteiger partial charge >= 0.3 is 0 Å². The minimum atomic E-state index is 0.289. The van der Waals surface area contributed by atoms with Gasteiger partial charge in [0.15, 0.2) is 0 Å². The summed E-state index contributed by atoms with van der Waals surface area (Å²) < 4.78 is 2.06. The van der Waals surface area contributed by atoms with Gasteiger partial charge in [-0.2, -0.15) is 5.10 Å². The van der Waals surface area contributed by atoms with Crippen LogP contribution >= 0.6 is 0 Å². The van der Waals surface area contributed by atoms with Crippen LogP contribution in [0.15, 0.2) is 35.5 Å². The van der Waals surface area contributed by atoms with Crippen LogP contribution in [0.4, 0.5) is 11.4 Å². The molecule has 0 saturated heterocycles. The van der Waals surface area contributed by atoms with Crippen molar-refractivity contribution in [3.05, 3.63) is 41.7 Å². The van der Waals surface area contributed by atoms with Crippen LogP contribution in [0.1, 0.15) is 30.1 Å². The van der Waals surface area contributed by atoms with E-state index in [0.717, 1.165) is 47.7 Å². The molecule has 0 radical (unpaired) electrons. The van der Waals surface area contributed by atoms with Gasteiger partial charge in [0.25, 0.3) is 0 Å². The summed E-state index contributed by atoms with van der Waals surface area (Å²) in [7, 11) is 0. The van der Waals surface area contributed by atoms with Gasteiger partial charge in [-0.3, -0.25) is 4.68 Å². The molecule has 1 aliphatic carbocycles. The summed E-state index contributed by atoms with van der Waals surface area (Å²) in [5, 5.41) is 17.2. The maximum absolute atomic E-state index is 9.15. The van der Waals surface area contributed by atoms with Crippen molar-refractivity contribution in [3.63, 3.8) is 0 Å². The predicted molar refractivity (Wildman–Crippen MR) is 86.9 cm³/mol. The summed E-state index contributed by atoms with van der Waals surface area (Å²) in [6.07, 6.45) is 4.15. The van der Waals surface area contributed by atoms with Crippen LogP contribution in [0.25, 0.3) is 0 Å². The van der Waals surface area contributed by atoms with Crippen LogP contribution in [0.5, 0.6) is 0 Å². The van der Waals surface area contributed by atoms with Crippen molar-refractivity contribution >= 4 is 17.1 Å². The first kappa shape index (κ1) is 13.5. The lowest BCUT2D eigenvalue weighted by molar-refractivity contribution is 0.105. The van der Waals surface area contributed by atoms with Crippen LogP contribution in [0, 0.1) is 12.8 Å². The summed E-state index contributed by atoms with van der Waals surface area (Å²) in [6, 6.07) is 8.53. The molecule has 1 saturated carbocycles. The molecule has 2 N–H and O–H groups in total. The second-order valence-electron chi connectivity index (χ2n) is 6.21. The van der Waals surface area contributed by atoms with Crippen molar-refractivity contribution in [1.82, 2.24) is 9.78 Å². The van der Waals surface area contributed by atoms with E-state index in [1.165, 1.54) is 0 Å². The first-order valence-corrected chi connectivity index (χ1v) is 7.82. The molecule has 1 fully saturated rings. The zero-order valence-electron chi connectivity index (χ0n) is 12.7. The summed E-state index contributed by atoms with van der Waals surface area (Å²) in [5.41, 5.74) is 5.25. The zero-order valence-corrected chi connectivity index (χ0v) is 12.7. The van der Waals surface area contributed by atoms with Crippen LogP contribution in [-0.4, -0.2) is 33.8 Å². The predicted octanol–water partition coefficient (Wildman–Crippen LogP) is 2.68. The molecular formula is C17H20N4O. The van der Waals surface area contributed by atoms with Crippen molar-refractivity contribution in [2.24, 2.45) is 10.9 Å². The zero-order chi connectivity index (χ0) is 15.1. The summed E-state index contributed by atoms with van der Waals surface area (Å²) >= 11 is 0. The van der Waals surface area contributed by atoms with E-state index in [9.17, 15) is 0 Å². The number of fused-ring (bicyclic) bond motifs is 1. The van der Waals surface area contributed by atoms with Crippen molar-refractivity contribution in [2.45, 2.75) is 25.8 Å². The number of aliphatic hydroxyl groups excluding tert-OH is 1. The third-order valence-corrected chi connectivity index (χ3v) is 4.68. The van der Waals surface area contributed by atoms with Gasteiger partial charge in [-0.1, -0.05) is 12.1 Å². The molecule has 0 unspecified atom stereocenters. The van der Waals surface area contributed by atoms with E-state index in [4.69, 9.17) is 10.1 Å². The lowest BCUT2D eigenvalue weighted by Crippen LogP contribution is -2.29. The molecule has 0 spiro atoms. The highest BCUT2D eigenvalue weighted by Crippen LogP contribution is 2.37. The molecule has 0 bridgehead atoms. The molecule has 2 aromatic rings. The largest absolute Gasteiger partial charge is 0.396 e. The normalized spacial score (nSPS) is 23.3. The monoisotopic (exact) mass is 296 g/mol. The number of hydrogen-bond acceptors (Lipinski definition) is 4. The number of aliphatic imine (C=N–C) groups is 1. The summed E-state index contributed by atoms with van der Waals surface area (Å²) in [4.78, 5) is 4.78. The molecule has 5 nitrogen and oxygen atoms in total. The van der Waals surface area contributed by atoms with Gasteiger partial charge < -0.3 is 10.4 Å². The third kappa shape index (κ3) is 2.22. The molecule has 114 valence electrons. The fourth-order valence-corrected chi connectivity index (χ4v) is 3.26. The van der Waals surface area contributed by atoms with Crippen molar-refractivity contribution in [3.8, 4) is 0 Å². The standard InChI is InChI=1S/C17H20N4O/c1-11-14(9-21(20-11)13-6-12(7-13)10-22)17-8-18-15-4-2-3-5-16(15)19-17/h2-5,9,12-13,18,22H,6-8,10H2,1H3. The number of nitrogens with zero attached hydrogens (tertiary/aromatic N) is 3. The van der Waals surface area contributed by atoms with E-state index in [2.05, 4.69) is 27.4 Å². The number of anilines is 1. The van der Waals surface area contributed by atoms with Gasteiger partial charge in [-0.25, -0.2) is 4.99 Å². The van der Waals surface area contributed by atoms with Crippen molar-refractivity contribution in [2.75, 3.05) is 18.5 Å². The van der Waals surface area contributed by atoms with E-state index in [1.54, 1.807) is 0 Å². The lowest BCUT2D eigenvalue weighted by atomic mass is 9.81. The highest BCUT2D eigenvalue weighted by atomic mass is 16.3. The Labute approximate surface area is 129 Å². The smallest absolute Gasteiger partial charge is 0.0865 e. The van der Waals surface area contributed by atoms with Gasteiger partial charge in [0, 0.05) is 18.4 Å². The number of aryl methyl sites for hydroxylation is 1. The first-order valence-electron chi connectivity index (χ1n) is 7.82. The van der Waals surface area contributed by atoms with Gasteiger partial charge in [0.05, 0.1) is 35.4 Å². The van der Waals surface area contributed by atoms with E-state index in [-0.39, 0.29) is 6.61 Å². The second-order valence-corrected chi connectivity index (χ2v) is 6.21. The molecule has 2 heterocycles. The highest BCUT2D eigenvalue weighted by Gasteiger charge is 2.31. The fraction of sp³-hybridized carbons (Fsp3) is 0.412. The quantitative estimate of drug-likeness (QED) is 0.915. The van der Waals surface area contributed by atoms with Crippen LogP contribution < -0.4 is 5.32 Å². The number of nitrogens with one attached hydrogen (secondary N) is 1. The molecule has 1 aliphatic heterocycles. The Kier molecular flexibility index (Phi) is 3.22. The van der Waals surface area contributed by atoms with E-state index in [1.807, 2.05) is 25.1 Å². The number of aliphatic hydroxyl groups is 1.